The van der Waals surface area contributed by atoms with Crippen LogP contribution in [0.15, 0.2) is 12.1 Å². The molecule has 1 aromatic carbocycles. The van der Waals surface area contributed by atoms with Crippen LogP contribution in [0.2, 0.25) is 0 Å². The van der Waals surface area contributed by atoms with Crippen LogP contribution in [0.3, 0.4) is 0 Å². The van der Waals surface area contributed by atoms with Gasteiger partial charge < -0.3 is 14.4 Å². The number of carbonyl (C=O) groups excluding carboxylic acids is 1. The van der Waals surface area contributed by atoms with Gasteiger partial charge in [0.1, 0.15) is 5.82 Å². The highest BCUT2D eigenvalue weighted by Gasteiger charge is 2.32. The number of aryl methyl sites for hydroxylation is 2. The van der Waals surface area contributed by atoms with Gasteiger partial charge in [-0.2, -0.15) is 5.10 Å². The van der Waals surface area contributed by atoms with Crippen LogP contribution in [0.4, 0.5) is 0 Å². The molecule has 0 bridgehead atoms. The number of nitrogens with one attached hydrogen (secondary N) is 1. The quantitative estimate of drug-likeness (QED) is 0.922. The van der Waals surface area contributed by atoms with Crippen molar-refractivity contribution in [3.05, 3.63) is 34.9 Å². The highest BCUT2D eigenvalue weighted by Crippen LogP contribution is 2.34. The summed E-state index contributed by atoms with van der Waals surface area (Å²) in [5, 5.41) is 7.15. The number of hydrogen-bond donors (Lipinski definition) is 1. The van der Waals surface area contributed by atoms with Gasteiger partial charge in [-0.05, 0) is 50.8 Å². The van der Waals surface area contributed by atoms with Gasteiger partial charge in [-0.25, -0.2) is 4.98 Å². The lowest BCUT2D eigenvalue weighted by Gasteiger charge is -2.34. The number of piperidine rings is 1. The zero-order valence-electron chi connectivity index (χ0n) is 15.1. The Bertz CT molecular complexity index is 772. The first-order chi connectivity index (χ1) is 12.0. The topological polar surface area (TPSA) is 80.3 Å². The largest absolute Gasteiger partial charge is 0.493 e. The summed E-state index contributed by atoms with van der Waals surface area (Å²) >= 11 is 0. The van der Waals surface area contributed by atoms with Crippen molar-refractivity contribution in [2.45, 2.75) is 39.2 Å². The third-order valence-corrected chi connectivity index (χ3v) is 4.64. The number of likely N-dealkylation sites (tertiary alicyclic amines) is 1. The Morgan fingerprint density at radius 2 is 1.92 bits per heavy atom. The SMILES string of the molecule is COc1cc(C)c(C(=O)N2CCCC[C@H]2c2n[nH]c(C)n2)cc1OC. The van der Waals surface area contributed by atoms with E-state index < -0.39 is 0 Å². The molecular weight excluding hydrogens is 320 g/mol. The van der Waals surface area contributed by atoms with Gasteiger partial charge in [-0.15, -0.1) is 0 Å². The summed E-state index contributed by atoms with van der Waals surface area (Å²) < 4.78 is 10.7. The van der Waals surface area contributed by atoms with E-state index in [4.69, 9.17) is 9.47 Å². The minimum Gasteiger partial charge on any atom is -0.493 e. The number of aromatic nitrogens is 3. The number of rotatable bonds is 4. The van der Waals surface area contributed by atoms with Crippen LogP contribution in [0.1, 0.15) is 52.9 Å². The molecule has 2 heterocycles. The molecular formula is C18H24N4O3. The molecule has 1 aromatic heterocycles. The van der Waals surface area contributed by atoms with E-state index in [0.29, 0.717) is 29.4 Å². The van der Waals surface area contributed by atoms with E-state index in [0.717, 1.165) is 30.7 Å². The molecule has 0 spiro atoms. The van der Waals surface area contributed by atoms with E-state index in [9.17, 15) is 4.79 Å². The summed E-state index contributed by atoms with van der Waals surface area (Å²) in [5.74, 6) is 2.60. The van der Waals surface area contributed by atoms with Crippen molar-refractivity contribution in [3.63, 3.8) is 0 Å². The van der Waals surface area contributed by atoms with Crippen LogP contribution in [0.25, 0.3) is 0 Å². The maximum Gasteiger partial charge on any atom is 0.254 e. The zero-order chi connectivity index (χ0) is 18.0. The number of amides is 1. The minimum atomic E-state index is -0.0984. The first kappa shape index (κ1) is 17.3. The first-order valence-electron chi connectivity index (χ1n) is 8.47. The maximum atomic E-state index is 13.2. The van der Waals surface area contributed by atoms with Gasteiger partial charge in [-0.3, -0.25) is 9.89 Å². The lowest BCUT2D eigenvalue weighted by atomic mass is 9.98. The fourth-order valence-corrected chi connectivity index (χ4v) is 3.32. The average Bonchev–Trinajstić information content (AvgIpc) is 3.07. The summed E-state index contributed by atoms with van der Waals surface area (Å²) in [6.45, 7) is 4.47. The van der Waals surface area contributed by atoms with Crippen LogP contribution in [-0.2, 0) is 0 Å². The Labute approximate surface area is 147 Å². The summed E-state index contributed by atoms with van der Waals surface area (Å²) in [6.07, 6.45) is 2.92. The van der Waals surface area contributed by atoms with Gasteiger partial charge in [0, 0.05) is 12.1 Å². The Morgan fingerprint density at radius 1 is 1.20 bits per heavy atom. The second kappa shape index (κ2) is 7.13. The van der Waals surface area contributed by atoms with Crippen molar-refractivity contribution in [3.8, 4) is 11.5 Å². The molecule has 3 rings (SSSR count). The lowest BCUT2D eigenvalue weighted by molar-refractivity contribution is 0.0599. The van der Waals surface area contributed by atoms with E-state index in [1.807, 2.05) is 24.8 Å². The normalized spacial score (nSPS) is 17.4. The molecule has 1 amide bonds. The fraction of sp³-hybridized carbons (Fsp3) is 0.500. The number of H-pyrrole nitrogens is 1. The smallest absolute Gasteiger partial charge is 0.254 e. The third kappa shape index (κ3) is 3.31. The molecule has 7 heteroatoms. The maximum absolute atomic E-state index is 13.2. The molecule has 1 atom stereocenters. The second-order valence-electron chi connectivity index (χ2n) is 6.31. The lowest BCUT2D eigenvalue weighted by Crippen LogP contribution is -2.39. The average molecular weight is 344 g/mol. The molecule has 25 heavy (non-hydrogen) atoms. The molecule has 0 saturated carbocycles. The minimum absolute atomic E-state index is 0.0226. The summed E-state index contributed by atoms with van der Waals surface area (Å²) in [5.41, 5.74) is 1.48. The number of carbonyl (C=O) groups is 1. The predicted octanol–water partition coefficient (Wildman–Crippen LogP) is 2.81. The first-order valence-corrected chi connectivity index (χ1v) is 8.47. The van der Waals surface area contributed by atoms with Gasteiger partial charge in [0.2, 0.25) is 0 Å². The Kier molecular flexibility index (Phi) is 4.92. The molecule has 0 radical (unpaired) electrons. The van der Waals surface area contributed by atoms with Gasteiger partial charge >= 0.3 is 0 Å². The Morgan fingerprint density at radius 3 is 2.56 bits per heavy atom. The van der Waals surface area contributed by atoms with E-state index in [2.05, 4.69) is 15.2 Å². The highest BCUT2D eigenvalue weighted by molar-refractivity contribution is 5.96. The molecule has 1 aliphatic rings. The monoisotopic (exact) mass is 344 g/mol. The summed E-state index contributed by atoms with van der Waals surface area (Å²) in [7, 11) is 3.16. The predicted molar refractivity (Wildman–Crippen MR) is 93.0 cm³/mol. The molecule has 0 aliphatic carbocycles. The van der Waals surface area contributed by atoms with E-state index in [1.54, 1.807) is 20.3 Å². The van der Waals surface area contributed by atoms with Gasteiger partial charge in [0.25, 0.3) is 5.91 Å². The standard InChI is InChI=1S/C18H24N4O3/c1-11-9-15(24-3)16(25-4)10-13(11)18(23)22-8-6-5-7-14(22)17-19-12(2)20-21-17/h9-10,14H,5-8H2,1-4H3,(H,19,20,21)/t14-/m0/s1. The van der Waals surface area contributed by atoms with Gasteiger partial charge in [0.05, 0.1) is 20.3 Å². The second-order valence-corrected chi connectivity index (χ2v) is 6.31. The molecule has 1 fully saturated rings. The fourth-order valence-electron chi connectivity index (χ4n) is 3.32. The molecule has 1 saturated heterocycles. The van der Waals surface area contributed by atoms with E-state index in [-0.39, 0.29) is 11.9 Å². The van der Waals surface area contributed by atoms with Crippen LogP contribution in [0.5, 0.6) is 11.5 Å². The summed E-state index contributed by atoms with van der Waals surface area (Å²) in [6, 6.07) is 3.49. The zero-order valence-corrected chi connectivity index (χ0v) is 15.1. The molecule has 134 valence electrons. The van der Waals surface area contributed by atoms with Gasteiger partial charge in [0.15, 0.2) is 17.3 Å². The van der Waals surface area contributed by atoms with E-state index >= 15 is 0 Å². The third-order valence-electron chi connectivity index (χ3n) is 4.64. The number of hydrogen-bond acceptors (Lipinski definition) is 5. The molecule has 1 aliphatic heterocycles. The highest BCUT2D eigenvalue weighted by atomic mass is 16.5. The van der Waals surface area contributed by atoms with Crippen molar-refractivity contribution in [1.29, 1.82) is 0 Å². The van der Waals surface area contributed by atoms with Crippen LogP contribution >= 0.6 is 0 Å². The Hall–Kier alpha value is -2.57. The number of nitrogens with zero attached hydrogens (tertiary/aromatic N) is 3. The van der Waals surface area contributed by atoms with E-state index in [1.165, 1.54) is 0 Å². The number of ether oxygens (including phenoxy) is 2. The number of methoxy groups -OCH3 is 2. The van der Waals surface area contributed by atoms with Gasteiger partial charge in [-0.1, -0.05) is 0 Å². The van der Waals surface area contributed by atoms with Crippen LogP contribution in [0, 0.1) is 13.8 Å². The van der Waals surface area contributed by atoms with Crippen molar-refractivity contribution >= 4 is 5.91 Å². The van der Waals surface area contributed by atoms with Crippen molar-refractivity contribution < 1.29 is 14.3 Å². The van der Waals surface area contributed by atoms with Crippen molar-refractivity contribution in [2.24, 2.45) is 0 Å². The number of benzene rings is 1. The summed E-state index contributed by atoms with van der Waals surface area (Å²) in [4.78, 5) is 19.6. The van der Waals surface area contributed by atoms with Crippen LogP contribution < -0.4 is 9.47 Å². The molecule has 7 nitrogen and oxygen atoms in total. The Balaban J connectivity index is 1.95. The van der Waals surface area contributed by atoms with Crippen LogP contribution in [-0.4, -0.2) is 46.8 Å². The molecule has 2 aromatic rings. The van der Waals surface area contributed by atoms with Crippen molar-refractivity contribution in [2.75, 3.05) is 20.8 Å². The number of aromatic amines is 1. The van der Waals surface area contributed by atoms with Crippen molar-refractivity contribution in [1.82, 2.24) is 20.1 Å². The molecule has 0 unspecified atom stereocenters. The molecule has 1 N–H and O–H groups in total.